The molecular formula is C14H29NO. The molecule has 1 aliphatic rings. The lowest BCUT2D eigenvalue weighted by atomic mass is 9.82. The Morgan fingerprint density at radius 2 is 1.75 bits per heavy atom. The van der Waals surface area contributed by atoms with Crippen molar-refractivity contribution in [2.24, 2.45) is 5.92 Å². The second-order valence-electron chi connectivity index (χ2n) is 5.55. The van der Waals surface area contributed by atoms with Gasteiger partial charge >= 0.3 is 0 Å². The van der Waals surface area contributed by atoms with Gasteiger partial charge in [0.1, 0.15) is 0 Å². The van der Waals surface area contributed by atoms with Crippen LogP contribution in [-0.2, 0) is 4.74 Å². The molecule has 1 rings (SSSR count). The molecule has 1 fully saturated rings. The highest BCUT2D eigenvalue weighted by molar-refractivity contribution is 4.90. The summed E-state index contributed by atoms with van der Waals surface area (Å²) >= 11 is 0. The molecule has 1 atom stereocenters. The Labute approximate surface area is 101 Å². The van der Waals surface area contributed by atoms with Gasteiger partial charge in [0, 0.05) is 12.6 Å². The molecule has 96 valence electrons. The van der Waals surface area contributed by atoms with E-state index in [1.807, 2.05) is 0 Å². The first kappa shape index (κ1) is 14.0. The number of likely N-dealkylation sites (N-methyl/N-ethyl adjacent to an activating group) is 1. The van der Waals surface area contributed by atoms with E-state index in [9.17, 15) is 0 Å². The number of ether oxygens (including phenoxy) is 1. The first-order valence-electron chi connectivity index (χ1n) is 6.93. The predicted molar refractivity (Wildman–Crippen MR) is 69.7 cm³/mol. The van der Waals surface area contributed by atoms with Crippen LogP contribution in [0, 0.1) is 5.92 Å². The summed E-state index contributed by atoms with van der Waals surface area (Å²) in [5.41, 5.74) is -0.0431. The van der Waals surface area contributed by atoms with E-state index in [1.54, 1.807) is 0 Å². The molecule has 0 aromatic carbocycles. The van der Waals surface area contributed by atoms with Crippen LogP contribution in [0.15, 0.2) is 0 Å². The van der Waals surface area contributed by atoms with Gasteiger partial charge in [0.15, 0.2) is 0 Å². The lowest BCUT2D eigenvalue weighted by Crippen LogP contribution is -2.51. The lowest BCUT2D eigenvalue weighted by molar-refractivity contribution is -0.0528. The van der Waals surface area contributed by atoms with Crippen LogP contribution >= 0.6 is 0 Å². The SMILES string of the molecule is CCOC(C)(C)C(NC)C1CCCCCC1. The summed E-state index contributed by atoms with van der Waals surface area (Å²) in [5, 5.41) is 3.50. The first-order chi connectivity index (χ1) is 7.61. The summed E-state index contributed by atoms with van der Waals surface area (Å²) in [6.45, 7) is 7.34. The van der Waals surface area contributed by atoms with Crippen LogP contribution in [-0.4, -0.2) is 25.3 Å². The highest BCUT2D eigenvalue weighted by Crippen LogP contribution is 2.31. The fraction of sp³-hybridized carbons (Fsp3) is 1.00. The summed E-state index contributed by atoms with van der Waals surface area (Å²) in [6, 6.07) is 0.491. The standard InChI is InChI=1S/C14H29NO/c1-5-16-14(2,3)13(15-4)12-10-8-6-7-9-11-12/h12-13,15H,5-11H2,1-4H3. The molecule has 0 aromatic heterocycles. The van der Waals surface area contributed by atoms with Crippen LogP contribution in [0.4, 0.5) is 0 Å². The molecular weight excluding hydrogens is 198 g/mol. The van der Waals surface area contributed by atoms with Crippen molar-refractivity contribution in [2.75, 3.05) is 13.7 Å². The third kappa shape index (κ3) is 3.74. The van der Waals surface area contributed by atoms with Crippen LogP contribution in [0.5, 0.6) is 0 Å². The second-order valence-corrected chi connectivity index (χ2v) is 5.55. The Balaban J connectivity index is 2.63. The van der Waals surface area contributed by atoms with Crippen molar-refractivity contribution in [3.63, 3.8) is 0 Å². The third-order valence-electron chi connectivity index (χ3n) is 3.95. The number of rotatable bonds is 5. The second kappa shape index (κ2) is 6.61. The number of hydrogen-bond donors (Lipinski definition) is 1. The fourth-order valence-electron chi connectivity index (χ4n) is 3.26. The van der Waals surface area contributed by atoms with Crippen LogP contribution in [0.25, 0.3) is 0 Å². The van der Waals surface area contributed by atoms with Crippen LogP contribution < -0.4 is 5.32 Å². The van der Waals surface area contributed by atoms with Crippen LogP contribution in [0.1, 0.15) is 59.3 Å². The molecule has 1 unspecified atom stereocenters. The largest absolute Gasteiger partial charge is 0.374 e. The van der Waals surface area contributed by atoms with Crippen molar-refractivity contribution in [1.82, 2.24) is 5.32 Å². The molecule has 0 heterocycles. The quantitative estimate of drug-likeness (QED) is 0.727. The van der Waals surface area contributed by atoms with E-state index in [2.05, 4.69) is 33.1 Å². The molecule has 0 bridgehead atoms. The fourth-order valence-corrected chi connectivity index (χ4v) is 3.26. The molecule has 1 aliphatic carbocycles. The van der Waals surface area contributed by atoms with Gasteiger partial charge in [0.25, 0.3) is 0 Å². The number of hydrogen-bond acceptors (Lipinski definition) is 2. The summed E-state index contributed by atoms with van der Waals surface area (Å²) < 4.78 is 5.91. The summed E-state index contributed by atoms with van der Waals surface area (Å²) in [4.78, 5) is 0. The van der Waals surface area contributed by atoms with Crippen molar-refractivity contribution >= 4 is 0 Å². The third-order valence-corrected chi connectivity index (χ3v) is 3.95. The van der Waals surface area contributed by atoms with Gasteiger partial charge in [-0.25, -0.2) is 0 Å². The monoisotopic (exact) mass is 227 g/mol. The van der Waals surface area contributed by atoms with Gasteiger partial charge in [-0.05, 0) is 46.6 Å². The minimum Gasteiger partial charge on any atom is -0.374 e. The van der Waals surface area contributed by atoms with Gasteiger partial charge in [0.05, 0.1) is 5.60 Å². The van der Waals surface area contributed by atoms with E-state index in [4.69, 9.17) is 4.74 Å². The van der Waals surface area contributed by atoms with Gasteiger partial charge in [-0.2, -0.15) is 0 Å². The Morgan fingerprint density at radius 1 is 1.19 bits per heavy atom. The van der Waals surface area contributed by atoms with E-state index in [1.165, 1.54) is 38.5 Å². The lowest BCUT2D eigenvalue weighted by Gasteiger charge is -2.39. The zero-order valence-electron chi connectivity index (χ0n) is 11.5. The Hall–Kier alpha value is -0.0800. The van der Waals surface area contributed by atoms with Crippen molar-refractivity contribution in [3.05, 3.63) is 0 Å². The van der Waals surface area contributed by atoms with E-state index < -0.39 is 0 Å². The highest BCUT2D eigenvalue weighted by Gasteiger charge is 2.35. The summed E-state index contributed by atoms with van der Waals surface area (Å²) in [6.07, 6.45) is 8.35. The van der Waals surface area contributed by atoms with Crippen molar-refractivity contribution in [1.29, 1.82) is 0 Å². The van der Waals surface area contributed by atoms with Crippen LogP contribution in [0.3, 0.4) is 0 Å². The summed E-state index contributed by atoms with van der Waals surface area (Å²) in [5.74, 6) is 0.786. The Morgan fingerprint density at radius 3 is 2.19 bits per heavy atom. The maximum atomic E-state index is 5.91. The van der Waals surface area contributed by atoms with Gasteiger partial charge in [0.2, 0.25) is 0 Å². The van der Waals surface area contributed by atoms with E-state index >= 15 is 0 Å². The minimum atomic E-state index is -0.0431. The van der Waals surface area contributed by atoms with Crippen LogP contribution in [0.2, 0.25) is 0 Å². The zero-order valence-corrected chi connectivity index (χ0v) is 11.5. The molecule has 1 saturated carbocycles. The van der Waals surface area contributed by atoms with Gasteiger partial charge < -0.3 is 10.1 Å². The average Bonchev–Trinajstić information content (AvgIpc) is 2.47. The van der Waals surface area contributed by atoms with Gasteiger partial charge in [-0.1, -0.05) is 25.7 Å². The molecule has 2 heteroatoms. The van der Waals surface area contributed by atoms with Gasteiger partial charge in [-0.3, -0.25) is 0 Å². The Kier molecular flexibility index (Phi) is 5.77. The molecule has 0 aliphatic heterocycles. The average molecular weight is 227 g/mol. The molecule has 0 radical (unpaired) electrons. The first-order valence-corrected chi connectivity index (χ1v) is 6.93. The minimum absolute atomic E-state index is 0.0431. The van der Waals surface area contributed by atoms with E-state index in [-0.39, 0.29) is 5.60 Å². The molecule has 0 saturated heterocycles. The molecule has 16 heavy (non-hydrogen) atoms. The van der Waals surface area contributed by atoms with Gasteiger partial charge in [-0.15, -0.1) is 0 Å². The molecule has 0 aromatic rings. The molecule has 0 amide bonds. The zero-order chi connectivity index (χ0) is 12.0. The van der Waals surface area contributed by atoms with E-state index in [0.717, 1.165) is 12.5 Å². The van der Waals surface area contributed by atoms with Crippen molar-refractivity contribution < 1.29 is 4.74 Å². The summed E-state index contributed by atoms with van der Waals surface area (Å²) in [7, 11) is 2.08. The Bertz CT molecular complexity index is 183. The molecule has 1 N–H and O–H groups in total. The molecule has 0 spiro atoms. The predicted octanol–water partition coefficient (Wildman–Crippen LogP) is 3.36. The smallest absolute Gasteiger partial charge is 0.0781 e. The normalized spacial score (nSPS) is 21.8. The number of nitrogens with one attached hydrogen (secondary N) is 1. The van der Waals surface area contributed by atoms with Crippen molar-refractivity contribution in [2.45, 2.75) is 70.9 Å². The van der Waals surface area contributed by atoms with Crippen molar-refractivity contribution in [3.8, 4) is 0 Å². The highest BCUT2D eigenvalue weighted by atomic mass is 16.5. The molecule has 2 nitrogen and oxygen atoms in total. The topological polar surface area (TPSA) is 21.3 Å². The van der Waals surface area contributed by atoms with E-state index in [0.29, 0.717) is 6.04 Å². The maximum Gasteiger partial charge on any atom is 0.0781 e. The maximum absolute atomic E-state index is 5.91.